The Balaban J connectivity index is 2.06. The lowest BCUT2D eigenvalue weighted by atomic mass is 9.98. The van der Waals surface area contributed by atoms with Crippen LogP contribution in [0.3, 0.4) is 0 Å². The van der Waals surface area contributed by atoms with Gasteiger partial charge in [0.15, 0.2) is 11.6 Å². The molecule has 1 aromatic carbocycles. The quantitative estimate of drug-likeness (QED) is 0.785. The lowest BCUT2D eigenvalue weighted by Crippen LogP contribution is -2.15. The molecule has 1 saturated carbocycles. The molecule has 0 N–H and O–H groups in total. The highest BCUT2D eigenvalue weighted by Gasteiger charge is 2.25. The molecule has 21 heavy (non-hydrogen) atoms. The molecule has 3 nitrogen and oxygen atoms in total. The SMILES string of the molecule is COc1cc2c(cc1F)nc(CCl)n2CC1CCCC1C. The first-order valence-corrected chi connectivity index (χ1v) is 7.96. The summed E-state index contributed by atoms with van der Waals surface area (Å²) in [4.78, 5) is 4.47. The van der Waals surface area contributed by atoms with E-state index in [0.717, 1.165) is 17.9 Å². The molecule has 0 bridgehead atoms. The van der Waals surface area contributed by atoms with Gasteiger partial charge < -0.3 is 9.30 Å². The molecule has 114 valence electrons. The molecule has 2 aromatic rings. The largest absolute Gasteiger partial charge is 0.494 e. The maximum atomic E-state index is 13.8. The summed E-state index contributed by atoms with van der Waals surface area (Å²) in [5, 5.41) is 0. The molecule has 0 amide bonds. The highest BCUT2D eigenvalue weighted by molar-refractivity contribution is 6.16. The average molecular weight is 311 g/mol. The normalized spacial score (nSPS) is 22.1. The third-order valence-corrected chi connectivity index (χ3v) is 4.92. The zero-order chi connectivity index (χ0) is 15.0. The summed E-state index contributed by atoms with van der Waals surface area (Å²) in [6.07, 6.45) is 3.80. The zero-order valence-electron chi connectivity index (χ0n) is 12.4. The Bertz CT molecular complexity index is 655. The number of hydrogen-bond acceptors (Lipinski definition) is 2. The molecule has 0 saturated heterocycles. The van der Waals surface area contributed by atoms with Crippen molar-refractivity contribution in [1.82, 2.24) is 9.55 Å². The van der Waals surface area contributed by atoms with Crippen molar-refractivity contribution < 1.29 is 9.13 Å². The number of halogens is 2. The lowest BCUT2D eigenvalue weighted by molar-refractivity contribution is 0.364. The summed E-state index contributed by atoms with van der Waals surface area (Å²) in [6, 6.07) is 3.16. The first kappa shape index (κ1) is 14.6. The molecule has 2 unspecified atom stereocenters. The van der Waals surface area contributed by atoms with Gasteiger partial charge in [0.05, 0.1) is 24.0 Å². The number of benzene rings is 1. The van der Waals surface area contributed by atoms with Gasteiger partial charge in [0.25, 0.3) is 0 Å². The monoisotopic (exact) mass is 310 g/mol. The highest BCUT2D eigenvalue weighted by atomic mass is 35.5. The van der Waals surface area contributed by atoms with E-state index < -0.39 is 0 Å². The van der Waals surface area contributed by atoms with Crippen molar-refractivity contribution in [1.29, 1.82) is 0 Å². The maximum absolute atomic E-state index is 13.8. The minimum Gasteiger partial charge on any atom is -0.494 e. The number of ether oxygens (including phenoxy) is 1. The standard InChI is InChI=1S/C16H20ClFN2O/c1-10-4-3-5-11(10)9-20-14-7-15(21-2)12(18)6-13(14)19-16(20)8-17/h6-7,10-11H,3-5,8-9H2,1-2H3. The van der Waals surface area contributed by atoms with Crippen LogP contribution in [0.4, 0.5) is 4.39 Å². The molecule has 5 heteroatoms. The van der Waals surface area contributed by atoms with Gasteiger partial charge in [0, 0.05) is 18.7 Å². The molecule has 1 fully saturated rings. The van der Waals surface area contributed by atoms with Crippen molar-refractivity contribution >= 4 is 22.6 Å². The van der Waals surface area contributed by atoms with Crippen molar-refractivity contribution in [3.8, 4) is 5.75 Å². The number of nitrogens with zero attached hydrogens (tertiary/aromatic N) is 2. The number of aromatic nitrogens is 2. The Labute approximate surface area is 129 Å². The highest BCUT2D eigenvalue weighted by Crippen LogP contribution is 2.34. The zero-order valence-corrected chi connectivity index (χ0v) is 13.2. The van der Waals surface area contributed by atoms with E-state index in [-0.39, 0.29) is 11.6 Å². The van der Waals surface area contributed by atoms with Crippen LogP contribution in [0.5, 0.6) is 5.75 Å². The van der Waals surface area contributed by atoms with Crippen LogP contribution in [0.2, 0.25) is 0 Å². The fourth-order valence-corrected chi connectivity index (χ4v) is 3.57. The summed E-state index contributed by atoms with van der Waals surface area (Å²) in [5.74, 6) is 2.36. The first-order chi connectivity index (χ1) is 10.1. The summed E-state index contributed by atoms with van der Waals surface area (Å²) in [6.45, 7) is 3.20. The van der Waals surface area contributed by atoms with Crippen LogP contribution in [0, 0.1) is 17.7 Å². The van der Waals surface area contributed by atoms with E-state index in [1.807, 2.05) is 0 Å². The molecule has 1 aliphatic rings. The minimum absolute atomic E-state index is 0.254. The summed E-state index contributed by atoms with van der Waals surface area (Å²) >= 11 is 6.03. The second-order valence-electron chi connectivity index (χ2n) is 5.92. The number of imidazole rings is 1. The molecular weight excluding hydrogens is 291 g/mol. The van der Waals surface area contributed by atoms with Gasteiger partial charge in [-0.2, -0.15) is 0 Å². The predicted octanol–water partition coefficient (Wildman–Crippen LogP) is 4.36. The number of rotatable bonds is 4. The second kappa shape index (κ2) is 5.84. The van der Waals surface area contributed by atoms with Gasteiger partial charge in [-0.1, -0.05) is 19.8 Å². The van der Waals surface area contributed by atoms with Gasteiger partial charge in [-0.25, -0.2) is 9.37 Å². The molecular formula is C16H20ClFN2O. The molecule has 1 aliphatic carbocycles. The van der Waals surface area contributed by atoms with Crippen molar-refractivity contribution in [2.24, 2.45) is 11.8 Å². The molecule has 1 aromatic heterocycles. The van der Waals surface area contributed by atoms with Crippen LogP contribution in [-0.4, -0.2) is 16.7 Å². The third-order valence-electron chi connectivity index (χ3n) is 4.68. The second-order valence-corrected chi connectivity index (χ2v) is 6.18. The van der Waals surface area contributed by atoms with Gasteiger partial charge in [-0.3, -0.25) is 0 Å². The van der Waals surface area contributed by atoms with E-state index >= 15 is 0 Å². The molecule has 1 heterocycles. The van der Waals surface area contributed by atoms with Crippen molar-refractivity contribution in [2.45, 2.75) is 38.6 Å². The van der Waals surface area contributed by atoms with Gasteiger partial charge in [0.1, 0.15) is 5.82 Å². The number of methoxy groups -OCH3 is 1. The fourth-order valence-electron chi connectivity index (χ4n) is 3.37. The maximum Gasteiger partial charge on any atom is 0.167 e. The smallest absolute Gasteiger partial charge is 0.167 e. The van der Waals surface area contributed by atoms with Crippen LogP contribution in [0.25, 0.3) is 11.0 Å². The van der Waals surface area contributed by atoms with Crippen LogP contribution in [-0.2, 0) is 12.4 Å². The van der Waals surface area contributed by atoms with E-state index in [2.05, 4.69) is 16.5 Å². The lowest BCUT2D eigenvalue weighted by Gasteiger charge is -2.18. The minimum atomic E-state index is -0.384. The topological polar surface area (TPSA) is 27.1 Å². The van der Waals surface area contributed by atoms with Crippen LogP contribution >= 0.6 is 11.6 Å². The summed E-state index contributed by atoms with van der Waals surface area (Å²) in [7, 11) is 1.48. The van der Waals surface area contributed by atoms with Crippen LogP contribution in [0.1, 0.15) is 32.0 Å². The third kappa shape index (κ3) is 2.61. The van der Waals surface area contributed by atoms with Gasteiger partial charge in [-0.05, 0) is 18.3 Å². The summed E-state index contributed by atoms with van der Waals surface area (Å²) in [5.41, 5.74) is 1.55. The fraction of sp³-hybridized carbons (Fsp3) is 0.562. The Morgan fingerprint density at radius 2 is 2.24 bits per heavy atom. The van der Waals surface area contributed by atoms with E-state index in [9.17, 15) is 4.39 Å². The average Bonchev–Trinajstić information content (AvgIpc) is 3.02. The van der Waals surface area contributed by atoms with Crippen molar-refractivity contribution in [3.63, 3.8) is 0 Å². The van der Waals surface area contributed by atoms with Crippen molar-refractivity contribution in [3.05, 3.63) is 23.8 Å². The molecule has 2 atom stereocenters. The van der Waals surface area contributed by atoms with E-state index in [1.54, 1.807) is 6.07 Å². The van der Waals surface area contributed by atoms with E-state index in [1.165, 1.54) is 32.4 Å². The predicted molar refractivity (Wildman–Crippen MR) is 82.3 cm³/mol. The number of hydrogen-bond donors (Lipinski definition) is 0. The Morgan fingerprint density at radius 3 is 2.86 bits per heavy atom. The van der Waals surface area contributed by atoms with Gasteiger partial charge in [-0.15, -0.1) is 11.6 Å². The Hall–Kier alpha value is -1.29. The van der Waals surface area contributed by atoms with Gasteiger partial charge >= 0.3 is 0 Å². The number of fused-ring (bicyclic) bond motifs is 1. The molecule has 0 aliphatic heterocycles. The first-order valence-electron chi connectivity index (χ1n) is 7.42. The van der Waals surface area contributed by atoms with Crippen LogP contribution < -0.4 is 4.74 Å². The van der Waals surface area contributed by atoms with Crippen molar-refractivity contribution in [2.75, 3.05) is 7.11 Å². The Kier molecular flexibility index (Phi) is 4.07. The number of alkyl halides is 1. The molecule has 3 rings (SSSR count). The van der Waals surface area contributed by atoms with Crippen LogP contribution in [0.15, 0.2) is 12.1 Å². The van der Waals surface area contributed by atoms with E-state index in [4.69, 9.17) is 16.3 Å². The molecule has 0 radical (unpaired) electrons. The summed E-state index contributed by atoms with van der Waals surface area (Å²) < 4.78 is 21.1. The Morgan fingerprint density at radius 1 is 1.43 bits per heavy atom. The van der Waals surface area contributed by atoms with E-state index in [0.29, 0.717) is 23.2 Å². The van der Waals surface area contributed by atoms with Gasteiger partial charge in [0.2, 0.25) is 0 Å². The molecule has 0 spiro atoms.